The van der Waals surface area contributed by atoms with Crippen LogP contribution in [0.2, 0.25) is 0 Å². The highest BCUT2D eigenvalue weighted by Crippen LogP contribution is 2.38. The summed E-state index contributed by atoms with van der Waals surface area (Å²) in [5, 5.41) is 2.72. The number of benzene rings is 1. The molecule has 136 valence electrons. The number of hydrogen-bond donors (Lipinski definition) is 1. The van der Waals surface area contributed by atoms with Crippen molar-refractivity contribution in [3.63, 3.8) is 0 Å². The molecule has 0 atom stereocenters. The van der Waals surface area contributed by atoms with E-state index in [9.17, 15) is 9.18 Å². The molecule has 1 N–H and O–H groups in total. The maximum atomic E-state index is 14.2. The number of amides is 1. The number of hydrogen-bond acceptors (Lipinski definition) is 4. The molecular formula is C18H25BFNO4. The van der Waals surface area contributed by atoms with Crippen molar-refractivity contribution < 1.29 is 23.2 Å². The smallest absolute Gasteiger partial charge is 0.492 e. The Morgan fingerprint density at radius 1 is 1.28 bits per heavy atom. The van der Waals surface area contributed by atoms with Gasteiger partial charge < -0.3 is 19.4 Å². The topological polar surface area (TPSA) is 56.8 Å². The van der Waals surface area contributed by atoms with Gasteiger partial charge in [-0.3, -0.25) is 4.79 Å². The van der Waals surface area contributed by atoms with Gasteiger partial charge in [-0.05, 0) is 51.4 Å². The first-order valence-corrected chi connectivity index (χ1v) is 8.20. The summed E-state index contributed by atoms with van der Waals surface area (Å²) >= 11 is 0. The van der Waals surface area contributed by atoms with Crippen molar-refractivity contribution in [3.8, 4) is 5.75 Å². The summed E-state index contributed by atoms with van der Waals surface area (Å²) in [6, 6.07) is 4.48. The molecule has 0 aliphatic carbocycles. The normalized spacial score (nSPS) is 19.0. The third kappa shape index (κ3) is 4.41. The van der Waals surface area contributed by atoms with Crippen molar-refractivity contribution in [2.75, 3.05) is 13.7 Å². The molecule has 1 aliphatic rings. The van der Waals surface area contributed by atoms with Crippen LogP contribution in [0.3, 0.4) is 0 Å². The zero-order chi connectivity index (χ0) is 18.8. The van der Waals surface area contributed by atoms with Gasteiger partial charge in [0.2, 0.25) is 5.91 Å². The van der Waals surface area contributed by atoms with Crippen LogP contribution in [-0.2, 0) is 14.1 Å². The lowest BCUT2D eigenvalue weighted by Crippen LogP contribution is -2.41. The maximum Gasteiger partial charge on any atom is 0.492 e. The van der Waals surface area contributed by atoms with Crippen LogP contribution < -0.4 is 10.1 Å². The van der Waals surface area contributed by atoms with Gasteiger partial charge >= 0.3 is 7.12 Å². The molecule has 1 fully saturated rings. The van der Waals surface area contributed by atoms with E-state index in [1.54, 1.807) is 18.2 Å². The molecule has 0 radical (unpaired) electrons. The zero-order valence-corrected chi connectivity index (χ0v) is 15.6. The van der Waals surface area contributed by atoms with E-state index in [1.807, 2.05) is 27.7 Å². The van der Waals surface area contributed by atoms with Crippen molar-refractivity contribution in [1.82, 2.24) is 5.32 Å². The minimum atomic E-state index is -0.678. The molecule has 0 aromatic heterocycles. The van der Waals surface area contributed by atoms with Crippen LogP contribution in [0.5, 0.6) is 5.75 Å². The largest absolute Gasteiger partial charge is 0.497 e. The molecule has 1 aromatic rings. The van der Waals surface area contributed by atoms with Gasteiger partial charge in [-0.25, -0.2) is 4.39 Å². The van der Waals surface area contributed by atoms with Crippen LogP contribution >= 0.6 is 0 Å². The van der Waals surface area contributed by atoms with Crippen LogP contribution in [0, 0.1) is 5.82 Å². The number of rotatable bonds is 5. The molecule has 5 nitrogen and oxygen atoms in total. The SMILES string of the molecule is COc1ccc(F)c(C=C(CNC(C)=O)B2OC(C)(C)C(C)(C)O2)c1. The van der Waals surface area contributed by atoms with Gasteiger partial charge in [0.1, 0.15) is 11.6 Å². The van der Waals surface area contributed by atoms with Crippen molar-refractivity contribution in [2.24, 2.45) is 0 Å². The Morgan fingerprint density at radius 3 is 2.40 bits per heavy atom. The molecule has 0 unspecified atom stereocenters. The quantitative estimate of drug-likeness (QED) is 0.831. The number of halogens is 1. The summed E-state index contributed by atoms with van der Waals surface area (Å²) in [6.45, 7) is 9.38. The lowest BCUT2D eigenvalue weighted by atomic mass is 9.77. The third-order valence-corrected chi connectivity index (χ3v) is 4.64. The Hall–Kier alpha value is -1.86. The van der Waals surface area contributed by atoms with Gasteiger partial charge in [-0.2, -0.15) is 0 Å². The minimum absolute atomic E-state index is 0.187. The van der Waals surface area contributed by atoms with E-state index in [0.717, 1.165) is 0 Å². The van der Waals surface area contributed by atoms with Crippen LogP contribution in [-0.4, -0.2) is 37.9 Å². The summed E-state index contributed by atoms with van der Waals surface area (Å²) < 4.78 is 31.4. The van der Waals surface area contributed by atoms with Crippen molar-refractivity contribution in [2.45, 2.75) is 45.8 Å². The first kappa shape index (κ1) is 19.5. The average molecular weight is 349 g/mol. The van der Waals surface area contributed by atoms with E-state index in [1.165, 1.54) is 20.1 Å². The molecule has 2 rings (SSSR count). The van der Waals surface area contributed by atoms with Crippen LogP contribution in [0.15, 0.2) is 23.7 Å². The van der Waals surface area contributed by atoms with E-state index in [2.05, 4.69) is 5.32 Å². The second-order valence-corrected chi connectivity index (χ2v) is 7.10. The van der Waals surface area contributed by atoms with Gasteiger partial charge in [-0.15, -0.1) is 0 Å². The van der Waals surface area contributed by atoms with E-state index in [0.29, 0.717) is 16.8 Å². The van der Waals surface area contributed by atoms with Gasteiger partial charge in [-0.1, -0.05) is 6.08 Å². The highest BCUT2D eigenvalue weighted by molar-refractivity contribution is 6.56. The summed E-state index contributed by atoms with van der Waals surface area (Å²) in [5.74, 6) is -0.0355. The third-order valence-electron chi connectivity index (χ3n) is 4.64. The Morgan fingerprint density at radius 2 is 1.88 bits per heavy atom. The molecule has 0 saturated carbocycles. The first-order chi connectivity index (χ1) is 11.6. The molecule has 0 bridgehead atoms. The highest BCUT2D eigenvalue weighted by atomic mass is 19.1. The monoisotopic (exact) mass is 349 g/mol. The Bertz CT molecular complexity index is 672. The van der Waals surface area contributed by atoms with Gasteiger partial charge in [0, 0.05) is 19.0 Å². The predicted octanol–water partition coefficient (Wildman–Crippen LogP) is 2.99. The van der Waals surface area contributed by atoms with Crippen LogP contribution in [0.1, 0.15) is 40.2 Å². The first-order valence-electron chi connectivity index (χ1n) is 8.20. The molecule has 1 aliphatic heterocycles. The fourth-order valence-electron chi connectivity index (χ4n) is 2.38. The second kappa shape index (κ2) is 7.18. The summed E-state index contributed by atoms with van der Waals surface area (Å²) in [5.41, 5.74) is -0.0878. The van der Waals surface area contributed by atoms with E-state index >= 15 is 0 Å². The minimum Gasteiger partial charge on any atom is -0.497 e. The summed E-state index contributed by atoms with van der Waals surface area (Å²) in [7, 11) is 0.843. The maximum absolute atomic E-state index is 14.2. The predicted molar refractivity (Wildman–Crippen MR) is 95.7 cm³/mol. The number of carbonyl (C=O) groups excluding carboxylic acids is 1. The summed E-state index contributed by atoms with van der Waals surface area (Å²) in [4.78, 5) is 11.3. The fourth-order valence-corrected chi connectivity index (χ4v) is 2.38. The van der Waals surface area contributed by atoms with Crippen molar-refractivity contribution >= 4 is 19.1 Å². The second-order valence-electron chi connectivity index (χ2n) is 7.10. The van der Waals surface area contributed by atoms with Crippen LogP contribution in [0.4, 0.5) is 4.39 Å². The lowest BCUT2D eigenvalue weighted by molar-refractivity contribution is -0.118. The molecule has 25 heavy (non-hydrogen) atoms. The molecule has 7 heteroatoms. The fraction of sp³-hybridized carbons (Fsp3) is 0.500. The number of ether oxygens (including phenoxy) is 1. The van der Waals surface area contributed by atoms with E-state index in [4.69, 9.17) is 14.0 Å². The standard InChI is InChI=1S/C18H25BFNO4/c1-12(22)21-11-14(19-24-17(2,3)18(4,5)25-19)9-13-10-15(23-6)7-8-16(13)20/h7-10H,11H2,1-6H3,(H,21,22). The number of nitrogens with one attached hydrogen (secondary N) is 1. The lowest BCUT2D eigenvalue weighted by Gasteiger charge is -2.32. The van der Waals surface area contributed by atoms with Crippen molar-refractivity contribution in [1.29, 1.82) is 0 Å². The van der Waals surface area contributed by atoms with E-state index < -0.39 is 24.1 Å². The van der Waals surface area contributed by atoms with Gasteiger partial charge in [0.15, 0.2) is 0 Å². The Labute approximate surface area is 148 Å². The van der Waals surface area contributed by atoms with Gasteiger partial charge in [0.05, 0.1) is 18.3 Å². The Balaban J connectivity index is 2.38. The van der Waals surface area contributed by atoms with Crippen molar-refractivity contribution in [3.05, 3.63) is 35.1 Å². The van der Waals surface area contributed by atoms with Gasteiger partial charge in [0.25, 0.3) is 0 Å². The molecule has 1 saturated heterocycles. The molecular weight excluding hydrogens is 324 g/mol. The molecule has 1 heterocycles. The van der Waals surface area contributed by atoms with Crippen LogP contribution in [0.25, 0.3) is 6.08 Å². The molecule has 0 spiro atoms. The highest BCUT2D eigenvalue weighted by Gasteiger charge is 2.52. The summed E-state index contributed by atoms with van der Waals surface area (Å²) in [6.07, 6.45) is 1.63. The molecule has 1 aromatic carbocycles. The number of methoxy groups -OCH3 is 1. The zero-order valence-electron chi connectivity index (χ0n) is 15.6. The Kier molecular flexibility index (Phi) is 5.59. The average Bonchev–Trinajstić information content (AvgIpc) is 2.73. The number of carbonyl (C=O) groups is 1. The molecule has 1 amide bonds. The van der Waals surface area contributed by atoms with E-state index in [-0.39, 0.29) is 12.5 Å².